The highest BCUT2D eigenvalue weighted by molar-refractivity contribution is 5.80. The van der Waals surface area contributed by atoms with Gasteiger partial charge in [-0.25, -0.2) is 4.99 Å². The molecule has 1 aromatic rings. The first-order valence-electron chi connectivity index (χ1n) is 8.12. The van der Waals surface area contributed by atoms with Gasteiger partial charge in [0.1, 0.15) is 0 Å². The topological polar surface area (TPSA) is 52.6 Å². The van der Waals surface area contributed by atoms with Crippen molar-refractivity contribution in [3.63, 3.8) is 0 Å². The molecule has 0 radical (unpaired) electrons. The van der Waals surface area contributed by atoms with Gasteiger partial charge < -0.3 is 10.6 Å². The number of likely N-dealkylation sites (tertiary alicyclic amines) is 1. The maximum atomic E-state index is 12.5. The maximum absolute atomic E-state index is 12.5. The van der Waals surface area contributed by atoms with E-state index < -0.39 is 12.7 Å². The van der Waals surface area contributed by atoms with Gasteiger partial charge in [0.05, 0.1) is 18.8 Å². The molecule has 5 nitrogen and oxygen atoms in total. The van der Waals surface area contributed by atoms with Crippen LogP contribution < -0.4 is 10.6 Å². The first-order valence-corrected chi connectivity index (χ1v) is 8.12. The Kier molecular flexibility index (Phi) is 6.42. The second-order valence-electron chi connectivity index (χ2n) is 5.95. The summed E-state index contributed by atoms with van der Waals surface area (Å²) in [6.45, 7) is 4.94. The van der Waals surface area contributed by atoms with Crippen LogP contribution in [0.1, 0.15) is 24.7 Å². The number of guanidine groups is 1. The summed E-state index contributed by atoms with van der Waals surface area (Å²) in [4.78, 5) is 10.3. The van der Waals surface area contributed by atoms with E-state index in [4.69, 9.17) is 0 Å². The Morgan fingerprint density at radius 1 is 1.42 bits per heavy atom. The molecule has 2 rings (SSSR count). The highest BCUT2D eigenvalue weighted by Gasteiger charge is 2.34. The zero-order valence-corrected chi connectivity index (χ0v) is 14.0. The van der Waals surface area contributed by atoms with Gasteiger partial charge >= 0.3 is 6.18 Å². The van der Waals surface area contributed by atoms with Gasteiger partial charge in [-0.1, -0.05) is 6.07 Å². The van der Waals surface area contributed by atoms with E-state index in [9.17, 15) is 13.2 Å². The molecule has 24 heavy (non-hydrogen) atoms. The first-order chi connectivity index (χ1) is 11.4. The van der Waals surface area contributed by atoms with Crippen molar-refractivity contribution in [1.82, 2.24) is 20.5 Å². The lowest BCUT2D eigenvalue weighted by Crippen LogP contribution is -2.45. The van der Waals surface area contributed by atoms with Crippen LogP contribution in [0.5, 0.6) is 0 Å². The second kappa shape index (κ2) is 8.32. The summed E-state index contributed by atoms with van der Waals surface area (Å²) >= 11 is 0. The zero-order chi connectivity index (χ0) is 17.6. The Morgan fingerprint density at radius 2 is 2.21 bits per heavy atom. The fourth-order valence-electron chi connectivity index (χ4n) is 2.71. The van der Waals surface area contributed by atoms with Crippen molar-refractivity contribution < 1.29 is 13.2 Å². The number of nitrogens with zero attached hydrogens (tertiary/aromatic N) is 3. The number of aryl methyl sites for hydroxylation is 1. The molecule has 0 amide bonds. The van der Waals surface area contributed by atoms with Gasteiger partial charge in [0, 0.05) is 31.4 Å². The van der Waals surface area contributed by atoms with Gasteiger partial charge in [-0.15, -0.1) is 0 Å². The molecule has 1 atom stereocenters. The summed E-state index contributed by atoms with van der Waals surface area (Å²) in [6, 6.07) is 5.72. The van der Waals surface area contributed by atoms with Crippen molar-refractivity contribution in [1.29, 1.82) is 0 Å². The highest BCUT2D eigenvalue weighted by Crippen LogP contribution is 2.19. The Bertz CT molecular complexity index is 559. The van der Waals surface area contributed by atoms with Crippen LogP contribution in [0.25, 0.3) is 0 Å². The lowest BCUT2D eigenvalue weighted by molar-refractivity contribution is -0.143. The summed E-state index contributed by atoms with van der Waals surface area (Å²) < 4.78 is 37.4. The molecule has 0 saturated carbocycles. The lowest BCUT2D eigenvalue weighted by Gasteiger charge is -2.19. The van der Waals surface area contributed by atoms with Crippen molar-refractivity contribution in [2.45, 2.75) is 39.0 Å². The second-order valence-corrected chi connectivity index (χ2v) is 5.95. The molecule has 1 unspecified atom stereocenters. The van der Waals surface area contributed by atoms with Crippen LogP contribution in [0.15, 0.2) is 23.2 Å². The molecule has 2 N–H and O–H groups in total. The average Bonchev–Trinajstić information content (AvgIpc) is 2.90. The smallest absolute Gasteiger partial charge is 0.357 e. The number of nitrogens with one attached hydrogen (secondary N) is 2. The van der Waals surface area contributed by atoms with Crippen molar-refractivity contribution in [2.24, 2.45) is 4.99 Å². The van der Waals surface area contributed by atoms with Gasteiger partial charge in [-0.2, -0.15) is 13.2 Å². The van der Waals surface area contributed by atoms with Crippen molar-refractivity contribution in [3.05, 3.63) is 29.6 Å². The molecule has 0 aliphatic carbocycles. The van der Waals surface area contributed by atoms with Crippen molar-refractivity contribution in [3.8, 4) is 0 Å². The van der Waals surface area contributed by atoms with E-state index in [0.29, 0.717) is 38.6 Å². The van der Waals surface area contributed by atoms with Gasteiger partial charge in [0.2, 0.25) is 0 Å². The zero-order valence-electron chi connectivity index (χ0n) is 14.0. The predicted octanol–water partition coefficient (Wildman–Crippen LogP) is 2.08. The number of alkyl halides is 3. The summed E-state index contributed by atoms with van der Waals surface area (Å²) in [6.07, 6.45) is -3.48. The molecule has 0 aromatic carbocycles. The van der Waals surface area contributed by atoms with E-state index in [-0.39, 0.29) is 6.04 Å². The number of hydrogen-bond acceptors (Lipinski definition) is 3. The van der Waals surface area contributed by atoms with Crippen LogP contribution in [-0.2, 0) is 6.54 Å². The molecule has 134 valence electrons. The fraction of sp³-hybridized carbons (Fsp3) is 0.625. The predicted molar refractivity (Wildman–Crippen MR) is 87.8 cm³/mol. The third kappa shape index (κ3) is 6.35. The van der Waals surface area contributed by atoms with Crippen LogP contribution in [0, 0.1) is 6.92 Å². The largest absolute Gasteiger partial charge is 0.401 e. The number of hydrogen-bond donors (Lipinski definition) is 2. The van der Waals surface area contributed by atoms with Crippen LogP contribution in [-0.4, -0.2) is 54.2 Å². The van der Waals surface area contributed by atoms with E-state index in [2.05, 4.69) is 20.6 Å². The quantitative estimate of drug-likeness (QED) is 0.635. The van der Waals surface area contributed by atoms with Gasteiger partial charge in [-0.05, 0) is 32.4 Å². The van der Waals surface area contributed by atoms with E-state index >= 15 is 0 Å². The summed E-state index contributed by atoms with van der Waals surface area (Å²) in [5.41, 5.74) is 1.79. The lowest BCUT2D eigenvalue weighted by atomic mass is 10.3. The fourth-order valence-corrected chi connectivity index (χ4v) is 2.71. The van der Waals surface area contributed by atoms with Gasteiger partial charge in [0.15, 0.2) is 5.96 Å². The van der Waals surface area contributed by atoms with Gasteiger partial charge in [-0.3, -0.25) is 9.88 Å². The van der Waals surface area contributed by atoms with Crippen LogP contribution in [0.3, 0.4) is 0 Å². The average molecular weight is 343 g/mol. The number of aliphatic imine (C=N–C) groups is 1. The first kappa shape index (κ1) is 18.5. The van der Waals surface area contributed by atoms with Crippen molar-refractivity contribution in [2.75, 3.05) is 26.2 Å². The number of halogens is 3. The van der Waals surface area contributed by atoms with Crippen LogP contribution in [0.2, 0.25) is 0 Å². The molecular weight excluding hydrogens is 319 g/mol. The Labute approximate surface area is 140 Å². The molecule has 8 heteroatoms. The molecule has 1 aromatic heterocycles. The minimum atomic E-state index is -4.15. The van der Waals surface area contributed by atoms with Crippen molar-refractivity contribution >= 4 is 5.96 Å². The number of pyridine rings is 1. The maximum Gasteiger partial charge on any atom is 0.401 e. The molecular formula is C16H24F3N5. The molecule has 1 aliphatic heterocycles. The van der Waals surface area contributed by atoms with E-state index in [1.165, 1.54) is 4.90 Å². The SMILES string of the molecule is CCNC(=NCc1cccc(C)n1)NC1CCN(CC(F)(F)F)C1. The van der Waals surface area contributed by atoms with Crippen LogP contribution in [0.4, 0.5) is 13.2 Å². The highest BCUT2D eigenvalue weighted by atomic mass is 19.4. The number of aromatic nitrogens is 1. The number of rotatable bonds is 5. The monoisotopic (exact) mass is 343 g/mol. The molecule has 1 saturated heterocycles. The Hall–Kier alpha value is -1.83. The summed E-state index contributed by atoms with van der Waals surface area (Å²) in [5, 5.41) is 6.35. The minimum Gasteiger partial charge on any atom is -0.357 e. The van der Waals surface area contributed by atoms with E-state index in [1.807, 2.05) is 32.0 Å². The Balaban J connectivity index is 1.90. The summed E-state index contributed by atoms with van der Waals surface area (Å²) in [5.74, 6) is 0.611. The molecule has 1 fully saturated rings. The third-order valence-corrected chi connectivity index (χ3v) is 3.71. The van der Waals surface area contributed by atoms with Crippen LogP contribution >= 0.6 is 0 Å². The third-order valence-electron chi connectivity index (χ3n) is 3.71. The standard InChI is InChI=1S/C16H24F3N5/c1-3-20-15(21-9-13-6-4-5-12(2)22-13)23-14-7-8-24(10-14)11-16(17,18)19/h4-6,14H,3,7-11H2,1-2H3,(H2,20,21,23). The molecule has 0 bridgehead atoms. The minimum absolute atomic E-state index is 0.0318. The van der Waals surface area contributed by atoms with E-state index in [1.54, 1.807) is 0 Å². The normalized spacial score (nSPS) is 19.5. The summed E-state index contributed by atoms with van der Waals surface area (Å²) in [7, 11) is 0. The molecule has 2 heterocycles. The molecule has 1 aliphatic rings. The van der Waals surface area contributed by atoms with E-state index in [0.717, 1.165) is 11.4 Å². The Morgan fingerprint density at radius 3 is 2.88 bits per heavy atom. The van der Waals surface area contributed by atoms with Gasteiger partial charge in [0.25, 0.3) is 0 Å². The molecule has 0 spiro atoms.